The normalized spacial score (nSPS) is 27.6. The Labute approximate surface area is 127 Å². The van der Waals surface area contributed by atoms with Crippen LogP contribution in [0.5, 0.6) is 0 Å². The molecule has 0 radical (unpaired) electrons. The van der Waals surface area contributed by atoms with Crippen LogP contribution in [0.1, 0.15) is 22.6 Å². The van der Waals surface area contributed by atoms with Crippen molar-refractivity contribution in [3.63, 3.8) is 0 Å². The first kappa shape index (κ1) is 14.5. The Morgan fingerprint density at radius 1 is 1.15 bits per heavy atom. The van der Waals surface area contributed by atoms with Crippen LogP contribution in [-0.4, -0.2) is 67.1 Å². The van der Waals surface area contributed by atoms with E-state index >= 15 is 0 Å². The molecule has 20 heavy (non-hydrogen) atoms. The van der Waals surface area contributed by atoms with Crippen molar-refractivity contribution in [3.8, 4) is 0 Å². The quantitative estimate of drug-likeness (QED) is 0.824. The van der Waals surface area contributed by atoms with Crippen LogP contribution < -0.4 is 0 Å². The molecule has 2 aliphatic rings. The topological polar surface area (TPSA) is 9.72 Å². The van der Waals surface area contributed by atoms with Gasteiger partial charge in [-0.25, -0.2) is 0 Å². The first-order valence-electron chi connectivity index (χ1n) is 7.81. The summed E-state index contributed by atoms with van der Waals surface area (Å²) in [6, 6.07) is 6.19. The first-order chi connectivity index (χ1) is 9.63. The second-order valence-electron chi connectivity index (χ2n) is 6.53. The van der Waals surface area contributed by atoms with Crippen LogP contribution in [0, 0.1) is 6.92 Å². The molecule has 1 aromatic heterocycles. The van der Waals surface area contributed by atoms with Gasteiger partial charge in [0.1, 0.15) is 0 Å². The Kier molecular flexibility index (Phi) is 4.46. The maximum atomic E-state index is 2.73. The summed E-state index contributed by atoms with van der Waals surface area (Å²) in [5.74, 6) is 0. The fraction of sp³-hybridized carbons (Fsp3) is 0.750. The van der Waals surface area contributed by atoms with Crippen LogP contribution in [0.3, 0.4) is 0 Å². The summed E-state index contributed by atoms with van der Waals surface area (Å²) in [4.78, 5) is 10.7. The summed E-state index contributed by atoms with van der Waals surface area (Å²) in [5, 5.41) is 0. The Balaban J connectivity index is 1.56. The van der Waals surface area contributed by atoms with Crippen molar-refractivity contribution in [3.05, 3.63) is 21.9 Å². The zero-order valence-corrected chi connectivity index (χ0v) is 13.8. The summed E-state index contributed by atoms with van der Waals surface area (Å²) in [6.07, 6.45) is 2.73. The maximum Gasteiger partial charge on any atom is 0.0331 e. The molecular formula is C16H27N3S. The third kappa shape index (κ3) is 3.08. The number of thiophene rings is 1. The number of hydrogen-bond acceptors (Lipinski definition) is 4. The number of rotatable bonds is 5. The summed E-state index contributed by atoms with van der Waals surface area (Å²) in [6.45, 7) is 8.38. The van der Waals surface area contributed by atoms with E-state index in [4.69, 9.17) is 0 Å². The molecule has 0 N–H and O–H groups in total. The van der Waals surface area contributed by atoms with Gasteiger partial charge in [0.25, 0.3) is 0 Å². The molecule has 2 aliphatic heterocycles. The van der Waals surface area contributed by atoms with Gasteiger partial charge in [-0.2, -0.15) is 0 Å². The number of aryl methyl sites for hydroxylation is 1. The second kappa shape index (κ2) is 6.14. The number of fused-ring (bicyclic) bond motifs is 1. The lowest BCUT2D eigenvalue weighted by Crippen LogP contribution is -2.39. The zero-order valence-electron chi connectivity index (χ0n) is 13.0. The molecule has 0 bridgehead atoms. The molecule has 2 fully saturated rings. The van der Waals surface area contributed by atoms with E-state index in [1.807, 2.05) is 11.3 Å². The molecule has 0 aliphatic carbocycles. The van der Waals surface area contributed by atoms with Crippen LogP contribution in [0.4, 0.5) is 0 Å². The highest BCUT2D eigenvalue weighted by Crippen LogP contribution is 2.33. The van der Waals surface area contributed by atoms with Gasteiger partial charge >= 0.3 is 0 Å². The smallest absolute Gasteiger partial charge is 0.0331 e. The van der Waals surface area contributed by atoms with E-state index in [1.165, 1.54) is 55.3 Å². The minimum absolute atomic E-state index is 0.805. The lowest BCUT2D eigenvalue weighted by atomic mass is 10.1. The maximum absolute atomic E-state index is 2.73. The van der Waals surface area contributed by atoms with E-state index in [0.717, 1.165) is 12.1 Å². The summed E-state index contributed by atoms with van der Waals surface area (Å²) < 4.78 is 0. The third-order valence-corrected chi connectivity index (χ3v) is 5.78. The molecule has 3 rings (SSSR count). The summed E-state index contributed by atoms with van der Waals surface area (Å²) >= 11 is 1.96. The first-order valence-corrected chi connectivity index (χ1v) is 8.63. The fourth-order valence-electron chi connectivity index (χ4n) is 3.74. The number of hydrogen-bond donors (Lipinski definition) is 0. The lowest BCUT2D eigenvalue weighted by Gasteiger charge is -2.26. The van der Waals surface area contributed by atoms with Crippen molar-refractivity contribution >= 4 is 11.3 Å². The molecule has 0 aromatic carbocycles. The molecule has 0 saturated carbocycles. The van der Waals surface area contributed by atoms with Gasteiger partial charge in [0.05, 0.1) is 0 Å². The monoisotopic (exact) mass is 293 g/mol. The number of likely N-dealkylation sites (N-methyl/N-ethyl adjacent to an activating group) is 1. The van der Waals surface area contributed by atoms with Crippen LogP contribution in [0.25, 0.3) is 0 Å². The Morgan fingerprint density at radius 3 is 2.50 bits per heavy atom. The largest absolute Gasteiger partial charge is 0.308 e. The molecule has 3 nitrogen and oxygen atoms in total. The molecule has 0 amide bonds. The third-order valence-electron chi connectivity index (χ3n) is 4.80. The van der Waals surface area contributed by atoms with E-state index in [0.29, 0.717) is 0 Å². The van der Waals surface area contributed by atoms with Gasteiger partial charge in [-0.15, -0.1) is 11.3 Å². The standard InChI is InChI=1S/C16H27N3S/c1-13-4-5-14(20-13)12-19-9-7-15-16(19)6-8-18(15)11-10-17(2)3/h4-5,15-16H,6-12H2,1-3H3. The predicted octanol–water partition coefficient (Wildman–Crippen LogP) is 2.27. The molecule has 3 heterocycles. The summed E-state index contributed by atoms with van der Waals surface area (Å²) in [5.41, 5.74) is 0. The van der Waals surface area contributed by atoms with Crippen molar-refractivity contribution in [1.82, 2.24) is 14.7 Å². The van der Waals surface area contributed by atoms with Crippen molar-refractivity contribution in [1.29, 1.82) is 0 Å². The van der Waals surface area contributed by atoms with Gasteiger partial charge in [-0.3, -0.25) is 9.80 Å². The SMILES string of the molecule is Cc1ccc(CN2CCC3C2CCN3CCN(C)C)s1. The average Bonchev–Trinajstić information content (AvgIpc) is 3.06. The summed E-state index contributed by atoms with van der Waals surface area (Å²) in [7, 11) is 4.35. The predicted molar refractivity (Wildman–Crippen MR) is 86.4 cm³/mol. The molecule has 4 heteroatoms. The van der Waals surface area contributed by atoms with Gasteiger partial charge in [0.15, 0.2) is 0 Å². The Bertz CT molecular complexity index is 443. The Morgan fingerprint density at radius 2 is 1.85 bits per heavy atom. The van der Waals surface area contributed by atoms with E-state index < -0.39 is 0 Å². The van der Waals surface area contributed by atoms with E-state index in [9.17, 15) is 0 Å². The van der Waals surface area contributed by atoms with Gasteiger partial charge < -0.3 is 4.90 Å². The van der Waals surface area contributed by atoms with Crippen LogP contribution >= 0.6 is 11.3 Å². The van der Waals surface area contributed by atoms with Crippen molar-refractivity contribution in [2.75, 3.05) is 40.3 Å². The molecule has 2 unspecified atom stereocenters. The van der Waals surface area contributed by atoms with Crippen LogP contribution in [-0.2, 0) is 6.54 Å². The molecule has 0 spiro atoms. The number of nitrogens with zero attached hydrogens (tertiary/aromatic N) is 3. The molecule has 1 aromatic rings. The molecule has 2 atom stereocenters. The van der Waals surface area contributed by atoms with E-state index in [-0.39, 0.29) is 0 Å². The van der Waals surface area contributed by atoms with Gasteiger partial charge in [-0.05, 0) is 46.0 Å². The lowest BCUT2D eigenvalue weighted by molar-refractivity contribution is 0.205. The minimum atomic E-state index is 0.805. The van der Waals surface area contributed by atoms with Crippen molar-refractivity contribution < 1.29 is 0 Å². The number of likely N-dealkylation sites (tertiary alicyclic amines) is 2. The van der Waals surface area contributed by atoms with Gasteiger partial charge in [0, 0.05) is 54.6 Å². The average molecular weight is 293 g/mol. The van der Waals surface area contributed by atoms with E-state index in [1.54, 1.807) is 0 Å². The van der Waals surface area contributed by atoms with Crippen molar-refractivity contribution in [2.45, 2.75) is 38.4 Å². The minimum Gasteiger partial charge on any atom is -0.308 e. The fourth-order valence-corrected chi connectivity index (χ4v) is 4.65. The molecular weight excluding hydrogens is 266 g/mol. The van der Waals surface area contributed by atoms with Crippen LogP contribution in [0.2, 0.25) is 0 Å². The molecule has 2 saturated heterocycles. The zero-order chi connectivity index (χ0) is 14.1. The van der Waals surface area contributed by atoms with Gasteiger partial charge in [0.2, 0.25) is 0 Å². The van der Waals surface area contributed by atoms with Gasteiger partial charge in [-0.1, -0.05) is 0 Å². The van der Waals surface area contributed by atoms with Crippen LogP contribution in [0.15, 0.2) is 12.1 Å². The highest BCUT2D eigenvalue weighted by Gasteiger charge is 2.41. The Hall–Kier alpha value is -0.420. The highest BCUT2D eigenvalue weighted by molar-refractivity contribution is 7.11. The van der Waals surface area contributed by atoms with Crippen molar-refractivity contribution in [2.24, 2.45) is 0 Å². The second-order valence-corrected chi connectivity index (χ2v) is 7.91. The molecule has 112 valence electrons. The highest BCUT2D eigenvalue weighted by atomic mass is 32.1. The van der Waals surface area contributed by atoms with E-state index in [2.05, 4.69) is 47.9 Å².